The number of phenolic OH excluding ortho intramolecular Hbond substituents is 1. The number of para-hydroxylation sites is 2. The topological polar surface area (TPSA) is 48.2 Å². The predicted molar refractivity (Wildman–Crippen MR) is 139 cm³/mol. The number of hydrogen-bond donors (Lipinski definition) is 1. The summed E-state index contributed by atoms with van der Waals surface area (Å²) in [6.45, 7) is 0. The van der Waals surface area contributed by atoms with Gasteiger partial charge in [0.05, 0.1) is 23.1 Å². The van der Waals surface area contributed by atoms with Gasteiger partial charge in [-0.3, -0.25) is 10.0 Å². The Bertz CT molecular complexity index is 1320. The molecule has 0 bridgehead atoms. The average molecular weight is 496 g/mol. The van der Waals surface area contributed by atoms with Gasteiger partial charge in [-0.1, -0.05) is 70.5 Å². The molecule has 0 saturated carbocycles. The van der Waals surface area contributed by atoms with Crippen LogP contribution in [0, 0.1) is 0 Å². The van der Waals surface area contributed by atoms with E-state index in [1.807, 2.05) is 48.5 Å². The molecule has 0 aromatic heterocycles. The molecule has 1 aliphatic rings. The van der Waals surface area contributed by atoms with Crippen molar-refractivity contribution in [1.29, 1.82) is 0 Å². The smallest absolute Gasteiger partial charge is 0.124 e. The number of nitrogens with zero attached hydrogens (tertiary/aromatic N) is 3. The quantitative estimate of drug-likeness (QED) is 0.296. The summed E-state index contributed by atoms with van der Waals surface area (Å²) in [6.07, 6.45) is 2.48. The van der Waals surface area contributed by atoms with Gasteiger partial charge in [-0.05, 0) is 59.7 Å². The molecular weight excluding hydrogens is 474 g/mol. The summed E-state index contributed by atoms with van der Waals surface area (Å²) in [5, 5.41) is 17.1. The summed E-state index contributed by atoms with van der Waals surface area (Å²) in [5.74, 6) is 0.216. The van der Waals surface area contributed by atoms with E-state index in [1.54, 1.807) is 18.3 Å². The maximum Gasteiger partial charge on any atom is 0.124 e. The minimum atomic E-state index is 0.115. The summed E-state index contributed by atoms with van der Waals surface area (Å²) in [7, 11) is 0. The van der Waals surface area contributed by atoms with Crippen molar-refractivity contribution >= 4 is 39.2 Å². The van der Waals surface area contributed by atoms with Crippen LogP contribution >= 0.6 is 15.9 Å². The van der Waals surface area contributed by atoms with Gasteiger partial charge in [-0.25, -0.2) is 0 Å². The van der Waals surface area contributed by atoms with Gasteiger partial charge < -0.3 is 5.11 Å². The second-order valence-corrected chi connectivity index (χ2v) is 8.78. The molecule has 1 unspecified atom stereocenters. The Morgan fingerprint density at radius 2 is 1.64 bits per heavy atom. The number of hydrazone groups is 1. The zero-order valence-electron chi connectivity index (χ0n) is 17.8. The predicted octanol–water partition coefficient (Wildman–Crippen LogP) is 7.26. The van der Waals surface area contributed by atoms with Crippen LogP contribution in [0.4, 0.5) is 11.4 Å². The van der Waals surface area contributed by atoms with Gasteiger partial charge in [0.15, 0.2) is 0 Å². The average Bonchev–Trinajstić information content (AvgIpc) is 3.30. The lowest BCUT2D eigenvalue weighted by atomic mass is 9.98. The normalized spacial score (nSPS) is 15.7. The Kier molecular flexibility index (Phi) is 6.05. The maximum atomic E-state index is 9.99. The van der Waals surface area contributed by atoms with Crippen molar-refractivity contribution in [3.63, 3.8) is 0 Å². The third-order valence-corrected chi connectivity index (χ3v) is 6.18. The van der Waals surface area contributed by atoms with E-state index in [0.717, 1.165) is 33.5 Å². The molecule has 0 saturated heterocycles. The molecule has 0 spiro atoms. The van der Waals surface area contributed by atoms with Gasteiger partial charge in [0, 0.05) is 22.7 Å². The maximum absolute atomic E-state index is 9.99. The zero-order valence-corrected chi connectivity index (χ0v) is 19.4. The molecule has 0 radical (unpaired) electrons. The van der Waals surface area contributed by atoms with E-state index in [2.05, 4.69) is 68.4 Å². The first-order valence-corrected chi connectivity index (χ1v) is 11.6. The second-order valence-electron chi connectivity index (χ2n) is 7.87. The molecule has 33 heavy (non-hydrogen) atoms. The number of benzene rings is 4. The van der Waals surface area contributed by atoms with Crippen LogP contribution < -0.4 is 5.01 Å². The summed E-state index contributed by atoms with van der Waals surface area (Å²) >= 11 is 3.54. The molecule has 5 heteroatoms. The number of rotatable bonds is 5. The van der Waals surface area contributed by atoms with Crippen molar-refractivity contribution < 1.29 is 5.11 Å². The first-order chi connectivity index (χ1) is 16.2. The highest BCUT2D eigenvalue weighted by Crippen LogP contribution is 2.37. The third kappa shape index (κ3) is 4.73. The molecule has 4 nitrogen and oxygen atoms in total. The van der Waals surface area contributed by atoms with Crippen molar-refractivity contribution in [3.8, 4) is 5.75 Å². The number of anilines is 1. The van der Waals surface area contributed by atoms with Gasteiger partial charge in [0.2, 0.25) is 0 Å². The third-order valence-electron chi connectivity index (χ3n) is 5.65. The van der Waals surface area contributed by atoms with Crippen molar-refractivity contribution in [2.24, 2.45) is 10.1 Å². The van der Waals surface area contributed by atoms with Gasteiger partial charge in [-0.15, -0.1) is 0 Å². The van der Waals surface area contributed by atoms with Crippen LogP contribution in [0.2, 0.25) is 0 Å². The van der Waals surface area contributed by atoms with Crippen molar-refractivity contribution in [2.45, 2.75) is 12.5 Å². The number of halogens is 1. The van der Waals surface area contributed by atoms with E-state index in [1.165, 1.54) is 5.56 Å². The lowest BCUT2D eigenvalue weighted by Gasteiger charge is -2.24. The minimum absolute atomic E-state index is 0.115. The van der Waals surface area contributed by atoms with Gasteiger partial charge in [0.1, 0.15) is 5.75 Å². The minimum Gasteiger partial charge on any atom is -0.507 e. The monoisotopic (exact) mass is 495 g/mol. The number of hydrogen-bond acceptors (Lipinski definition) is 4. The molecular formula is C28H22BrN3O. The van der Waals surface area contributed by atoms with E-state index < -0.39 is 0 Å². The lowest BCUT2D eigenvalue weighted by molar-refractivity contribution is 0.474. The molecule has 0 amide bonds. The molecule has 4 aromatic carbocycles. The number of aromatic hydroxyl groups is 1. The van der Waals surface area contributed by atoms with E-state index in [0.29, 0.717) is 5.56 Å². The Hall–Kier alpha value is -3.70. The highest BCUT2D eigenvalue weighted by molar-refractivity contribution is 9.10. The number of phenols is 1. The van der Waals surface area contributed by atoms with E-state index >= 15 is 0 Å². The molecule has 1 atom stereocenters. The Morgan fingerprint density at radius 1 is 0.879 bits per heavy atom. The Balaban J connectivity index is 1.47. The fourth-order valence-electron chi connectivity index (χ4n) is 3.95. The Labute approximate surface area is 201 Å². The molecule has 1 aliphatic heterocycles. The summed E-state index contributed by atoms with van der Waals surface area (Å²) in [4.78, 5) is 4.57. The highest BCUT2D eigenvalue weighted by Gasteiger charge is 2.29. The van der Waals surface area contributed by atoms with Crippen LogP contribution in [0.1, 0.15) is 29.2 Å². The van der Waals surface area contributed by atoms with Crippen LogP contribution in [0.25, 0.3) is 0 Å². The van der Waals surface area contributed by atoms with Crippen LogP contribution in [0.15, 0.2) is 118 Å². The molecule has 1 heterocycles. The zero-order chi connectivity index (χ0) is 22.6. The van der Waals surface area contributed by atoms with Gasteiger partial charge in [0.25, 0.3) is 0 Å². The van der Waals surface area contributed by atoms with E-state index in [-0.39, 0.29) is 11.8 Å². The molecule has 1 N–H and O–H groups in total. The van der Waals surface area contributed by atoms with Gasteiger partial charge >= 0.3 is 0 Å². The van der Waals surface area contributed by atoms with Crippen molar-refractivity contribution in [2.75, 3.05) is 5.01 Å². The van der Waals surface area contributed by atoms with Crippen molar-refractivity contribution in [3.05, 3.63) is 124 Å². The number of aliphatic imine (C=N–C) groups is 1. The van der Waals surface area contributed by atoms with Crippen molar-refractivity contribution in [1.82, 2.24) is 0 Å². The Morgan fingerprint density at radius 3 is 2.42 bits per heavy atom. The van der Waals surface area contributed by atoms with E-state index in [9.17, 15) is 5.11 Å². The largest absolute Gasteiger partial charge is 0.507 e. The standard InChI is InChI=1S/C28H22BrN3O/c29-23-15-13-20(14-16-23)27-18-26(31-32(27)25-10-2-1-3-11-25)21-8-6-9-24(17-21)30-19-22-7-4-5-12-28(22)33/h1-17,19,27,33H,18H2. The second kappa shape index (κ2) is 9.43. The highest BCUT2D eigenvalue weighted by atomic mass is 79.9. The first kappa shape index (κ1) is 21.2. The van der Waals surface area contributed by atoms with Gasteiger partial charge in [-0.2, -0.15) is 5.10 Å². The van der Waals surface area contributed by atoms with Crippen LogP contribution in [-0.2, 0) is 0 Å². The van der Waals surface area contributed by atoms with Crippen LogP contribution in [-0.4, -0.2) is 17.0 Å². The molecule has 5 rings (SSSR count). The van der Waals surface area contributed by atoms with Crippen LogP contribution in [0.5, 0.6) is 5.75 Å². The molecule has 0 fully saturated rings. The SMILES string of the molecule is Oc1ccccc1C=Nc1cccc(C2=NN(c3ccccc3)C(c3ccc(Br)cc3)C2)c1. The lowest BCUT2D eigenvalue weighted by Crippen LogP contribution is -2.18. The fraction of sp³-hybridized carbons (Fsp3) is 0.0714. The molecule has 162 valence electrons. The summed E-state index contributed by atoms with van der Waals surface area (Å²) in [6, 6.07) is 34.1. The summed E-state index contributed by atoms with van der Waals surface area (Å²) in [5.41, 5.74) is 5.85. The fourth-order valence-corrected chi connectivity index (χ4v) is 4.22. The summed E-state index contributed by atoms with van der Waals surface area (Å²) < 4.78 is 1.06. The van der Waals surface area contributed by atoms with Crippen LogP contribution in [0.3, 0.4) is 0 Å². The molecule has 4 aromatic rings. The first-order valence-electron chi connectivity index (χ1n) is 10.8. The van der Waals surface area contributed by atoms with E-state index in [4.69, 9.17) is 5.10 Å². The molecule has 0 aliphatic carbocycles.